The SMILES string of the molecule is CC(Sc1ncc2sc(N)nc2n1)c1ccc(F)cn1. The normalized spacial score (nSPS) is 12.7. The van der Waals surface area contributed by atoms with Crippen LogP contribution < -0.4 is 5.73 Å². The van der Waals surface area contributed by atoms with E-state index < -0.39 is 0 Å². The molecule has 1 unspecified atom stereocenters. The van der Waals surface area contributed by atoms with Crippen LogP contribution in [-0.2, 0) is 0 Å². The molecule has 3 aromatic heterocycles. The summed E-state index contributed by atoms with van der Waals surface area (Å²) in [4.78, 5) is 16.8. The van der Waals surface area contributed by atoms with Crippen molar-refractivity contribution in [3.05, 3.63) is 36.0 Å². The summed E-state index contributed by atoms with van der Waals surface area (Å²) in [5, 5.41) is 1.09. The largest absolute Gasteiger partial charge is 0.375 e. The number of nitrogen functional groups attached to an aromatic ring is 1. The zero-order valence-electron chi connectivity index (χ0n) is 10.4. The van der Waals surface area contributed by atoms with Crippen LogP contribution >= 0.6 is 23.1 Å². The molecule has 1 atom stereocenters. The van der Waals surface area contributed by atoms with Gasteiger partial charge < -0.3 is 5.73 Å². The Morgan fingerprint density at radius 1 is 1.25 bits per heavy atom. The number of aromatic nitrogens is 4. The maximum absolute atomic E-state index is 12.8. The second-order valence-electron chi connectivity index (χ2n) is 4.05. The molecule has 3 heterocycles. The van der Waals surface area contributed by atoms with Gasteiger partial charge in [-0.3, -0.25) is 4.98 Å². The van der Waals surface area contributed by atoms with E-state index in [1.165, 1.54) is 35.4 Å². The number of hydrogen-bond acceptors (Lipinski definition) is 7. The predicted molar refractivity (Wildman–Crippen MR) is 78.1 cm³/mol. The van der Waals surface area contributed by atoms with Crippen molar-refractivity contribution in [2.45, 2.75) is 17.3 Å². The quantitative estimate of drug-likeness (QED) is 0.592. The van der Waals surface area contributed by atoms with Gasteiger partial charge in [-0.2, -0.15) is 0 Å². The van der Waals surface area contributed by atoms with Crippen molar-refractivity contribution in [2.75, 3.05) is 5.73 Å². The summed E-state index contributed by atoms with van der Waals surface area (Å²) >= 11 is 2.80. The zero-order valence-corrected chi connectivity index (χ0v) is 12.1. The molecule has 5 nitrogen and oxygen atoms in total. The van der Waals surface area contributed by atoms with Crippen LogP contribution in [0.25, 0.3) is 10.3 Å². The van der Waals surface area contributed by atoms with E-state index in [0.29, 0.717) is 15.9 Å². The van der Waals surface area contributed by atoms with Crippen LogP contribution in [0.15, 0.2) is 29.7 Å². The summed E-state index contributed by atoms with van der Waals surface area (Å²) in [5.74, 6) is -0.346. The molecule has 0 aromatic carbocycles. The number of nitrogens with zero attached hydrogens (tertiary/aromatic N) is 4. The van der Waals surface area contributed by atoms with Crippen molar-refractivity contribution in [3.8, 4) is 0 Å². The highest BCUT2D eigenvalue weighted by Crippen LogP contribution is 2.32. The Kier molecular flexibility index (Phi) is 3.49. The third-order valence-electron chi connectivity index (χ3n) is 2.59. The summed E-state index contributed by atoms with van der Waals surface area (Å²) in [6, 6.07) is 3.05. The number of anilines is 1. The van der Waals surface area contributed by atoms with E-state index in [1.807, 2.05) is 6.92 Å². The summed E-state index contributed by atoms with van der Waals surface area (Å²) < 4.78 is 13.7. The fourth-order valence-electron chi connectivity index (χ4n) is 1.64. The molecule has 0 saturated heterocycles. The van der Waals surface area contributed by atoms with Crippen LogP contribution in [-0.4, -0.2) is 19.9 Å². The molecule has 0 amide bonds. The van der Waals surface area contributed by atoms with Crippen LogP contribution in [0.1, 0.15) is 17.9 Å². The molecule has 3 rings (SSSR count). The molecule has 0 fully saturated rings. The highest BCUT2D eigenvalue weighted by Gasteiger charge is 2.12. The third-order valence-corrected chi connectivity index (χ3v) is 4.40. The lowest BCUT2D eigenvalue weighted by atomic mass is 10.3. The van der Waals surface area contributed by atoms with E-state index >= 15 is 0 Å². The van der Waals surface area contributed by atoms with E-state index in [1.54, 1.807) is 12.3 Å². The fourth-order valence-corrected chi connectivity index (χ4v) is 3.12. The number of fused-ring (bicyclic) bond motifs is 1. The number of nitrogens with two attached hydrogens (primary N) is 1. The van der Waals surface area contributed by atoms with Gasteiger partial charge in [0.1, 0.15) is 5.82 Å². The highest BCUT2D eigenvalue weighted by molar-refractivity contribution is 7.99. The van der Waals surface area contributed by atoms with Crippen molar-refractivity contribution >= 4 is 38.6 Å². The van der Waals surface area contributed by atoms with Crippen molar-refractivity contribution in [2.24, 2.45) is 0 Å². The van der Waals surface area contributed by atoms with Gasteiger partial charge in [-0.05, 0) is 19.1 Å². The van der Waals surface area contributed by atoms with E-state index in [4.69, 9.17) is 5.73 Å². The zero-order chi connectivity index (χ0) is 14.1. The van der Waals surface area contributed by atoms with E-state index in [0.717, 1.165) is 10.4 Å². The number of halogens is 1. The van der Waals surface area contributed by atoms with Crippen LogP contribution in [0.5, 0.6) is 0 Å². The van der Waals surface area contributed by atoms with Crippen molar-refractivity contribution < 1.29 is 4.39 Å². The summed E-state index contributed by atoms with van der Waals surface area (Å²) in [5.41, 5.74) is 7.01. The molecule has 102 valence electrons. The summed E-state index contributed by atoms with van der Waals surface area (Å²) in [6.07, 6.45) is 2.92. The number of rotatable bonds is 3. The monoisotopic (exact) mass is 307 g/mol. The van der Waals surface area contributed by atoms with Gasteiger partial charge in [0.25, 0.3) is 0 Å². The lowest BCUT2D eigenvalue weighted by Gasteiger charge is -2.08. The van der Waals surface area contributed by atoms with Crippen molar-refractivity contribution in [1.29, 1.82) is 0 Å². The van der Waals surface area contributed by atoms with E-state index in [9.17, 15) is 4.39 Å². The Hall–Kier alpha value is -1.80. The van der Waals surface area contributed by atoms with Gasteiger partial charge in [-0.15, -0.1) is 0 Å². The number of thioether (sulfide) groups is 1. The Morgan fingerprint density at radius 2 is 2.10 bits per heavy atom. The molecule has 0 radical (unpaired) electrons. The minimum Gasteiger partial charge on any atom is -0.375 e. The topological polar surface area (TPSA) is 77.6 Å². The van der Waals surface area contributed by atoms with Gasteiger partial charge in [0.2, 0.25) is 0 Å². The molecule has 0 aliphatic carbocycles. The molecule has 8 heteroatoms. The first-order valence-electron chi connectivity index (χ1n) is 5.79. The van der Waals surface area contributed by atoms with Crippen molar-refractivity contribution in [3.63, 3.8) is 0 Å². The maximum atomic E-state index is 12.8. The fraction of sp³-hybridized carbons (Fsp3) is 0.167. The lowest BCUT2D eigenvalue weighted by molar-refractivity contribution is 0.619. The first-order chi connectivity index (χ1) is 9.61. The van der Waals surface area contributed by atoms with Crippen LogP contribution in [0.2, 0.25) is 0 Å². The van der Waals surface area contributed by atoms with Gasteiger partial charge in [0, 0.05) is 0 Å². The van der Waals surface area contributed by atoms with E-state index in [-0.39, 0.29) is 11.1 Å². The molecule has 2 N–H and O–H groups in total. The lowest BCUT2D eigenvalue weighted by Crippen LogP contribution is -1.95. The standard InChI is InChI=1S/C12H10FN5S2/c1-6(8-3-2-7(13)4-15-8)19-12-16-5-9-10(18-12)17-11(14)20-9/h2-6H,1H3,(H2,14,16,17,18). The Morgan fingerprint density at radius 3 is 2.85 bits per heavy atom. The molecule has 0 spiro atoms. The second kappa shape index (κ2) is 5.29. The van der Waals surface area contributed by atoms with Gasteiger partial charge in [0.05, 0.1) is 28.0 Å². The Labute approximate surface area is 122 Å². The molecule has 0 aliphatic rings. The Balaban J connectivity index is 1.82. The van der Waals surface area contributed by atoms with Crippen LogP contribution in [0.4, 0.5) is 9.52 Å². The van der Waals surface area contributed by atoms with Gasteiger partial charge in [-0.25, -0.2) is 19.3 Å². The van der Waals surface area contributed by atoms with Crippen molar-refractivity contribution in [1.82, 2.24) is 19.9 Å². The first-order valence-corrected chi connectivity index (χ1v) is 7.48. The second-order valence-corrected chi connectivity index (χ2v) is 6.42. The average molecular weight is 307 g/mol. The average Bonchev–Trinajstić information content (AvgIpc) is 2.78. The number of thiazole rings is 1. The van der Waals surface area contributed by atoms with E-state index in [2.05, 4.69) is 19.9 Å². The smallest absolute Gasteiger partial charge is 0.190 e. The molecular weight excluding hydrogens is 297 g/mol. The summed E-state index contributed by atoms with van der Waals surface area (Å²) in [7, 11) is 0. The molecule has 0 bridgehead atoms. The third kappa shape index (κ3) is 2.70. The number of hydrogen-bond donors (Lipinski definition) is 1. The molecular formula is C12H10FN5S2. The minimum absolute atomic E-state index is 0.0176. The molecule has 0 saturated carbocycles. The Bertz CT molecular complexity index is 743. The highest BCUT2D eigenvalue weighted by atomic mass is 32.2. The molecule has 0 aliphatic heterocycles. The summed E-state index contributed by atoms with van der Waals surface area (Å²) in [6.45, 7) is 1.97. The molecule has 3 aromatic rings. The maximum Gasteiger partial charge on any atom is 0.190 e. The first kappa shape index (κ1) is 13.2. The van der Waals surface area contributed by atoms with Gasteiger partial charge in [-0.1, -0.05) is 23.1 Å². The minimum atomic E-state index is -0.346. The van der Waals surface area contributed by atoms with Gasteiger partial charge in [0.15, 0.2) is 15.9 Å². The number of pyridine rings is 1. The van der Waals surface area contributed by atoms with Crippen LogP contribution in [0.3, 0.4) is 0 Å². The predicted octanol–water partition coefficient (Wildman–Crippen LogP) is 3.06. The molecule has 20 heavy (non-hydrogen) atoms. The van der Waals surface area contributed by atoms with Crippen LogP contribution in [0, 0.1) is 5.82 Å². The van der Waals surface area contributed by atoms with Gasteiger partial charge >= 0.3 is 0 Å².